The number of hydrogen-bond acceptors (Lipinski definition) is 5. The molecule has 0 saturated carbocycles. The van der Waals surface area contributed by atoms with Crippen molar-refractivity contribution >= 4 is 21.6 Å². The second-order valence-electron chi connectivity index (χ2n) is 7.91. The van der Waals surface area contributed by atoms with E-state index in [9.17, 15) is 13.2 Å². The lowest BCUT2D eigenvalue weighted by atomic mass is 9.86. The number of nitrogens with one attached hydrogen (secondary N) is 1. The topological polar surface area (TPSA) is 84.9 Å². The van der Waals surface area contributed by atoms with Gasteiger partial charge in [-0.05, 0) is 29.2 Å². The molecule has 1 aliphatic heterocycles. The molecule has 156 valence electrons. The molecule has 2 aromatic carbocycles. The van der Waals surface area contributed by atoms with Gasteiger partial charge in [-0.3, -0.25) is 4.79 Å². The first-order valence-electron chi connectivity index (χ1n) is 9.34. The van der Waals surface area contributed by atoms with Crippen LogP contribution in [0.1, 0.15) is 26.3 Å². The van der Waals surface area contributed by atoms with Crippen molar-refractivity contribution < 1.29 is 22.7 Å². The third-order valence-corrected chi connectivity index (χ3v) is 6.40. The van der Waals surface area contributed by atoms with Gasteiger partial charge in [0.25, 0.3) is 0 Å². The standard InChI is InChI=1S/C21H26N2O5S/c1-21(2,3)16-7-5-6-8-17(16)22-20(24)14-23(4)29(25,26)15-9-10-18-19(13-15)28-12-11-27-18/h5-10,13H,11-12,14H2,1-4H3,(H,22,24). The van der Waals surface area contributed by atoms with E-state index in [1.54, 1.807) is 6.07 Å². The van der Waals surface area contributed by atoms with Gasteiger partial charge in [-0.25, -0.2) is 8.42 Å². The summed E-state index contributed by atoms with van der Waals surface area (Å²) >= 11 is 0. The van der Waals surface area contributed by atoms with Gasteiger partial charge in [0, 0.05) is 18.8 Å². The molecule has 29 heavy (non-hydrogen) atoms. The fraction of sp³-hybridized carbons (Fsp3) is 0.381. The number of carbonyl (C=O) groups excluding carboxylic acids is 1. The molecule has 0 saturated heterocycles. The summed E-state index contributed by atoms with van der Waals surface area (Å²) in [6.07, 6.45) is 0. The minimum absolute atomic E-state index is 0.0483. The summed E-state index contributed by atoms with van der Waals surface area (Å²) < 4.78 is 37.7. The van der Waals surface area contributed by atoms with Gasteiger partial charge < -0.3 is 14.8 Å². The lowest BCUT2D eigenvalue weighted by molar-refractivity contribution is -0.116. The van der Waals surface area contributed by atoms with Crippen molar-refractivity contribution in [2.75, 3.05) is 32.1 Å². The Morgan fingerprint density at radius 3 is 2.41 bits per heavy atom. The number of nitrogens with zero attached hydrogens (tertiary/aromatic N) is 1. The first kappa shape index (κ1) is 21.1. The molecule has 0 aromatic heterocycles. The molecule has 0 fully saturated rings. The number of anilines is 1. The highest BCUT2D eigenvalue weighted by molar-refractivity contribution is 7.89. The Hall–Kier alpha value is -2.58. The molecule has 0 bridgehead atoms. The number of amides is 1. The van der Waals surface area contributed by atoms with Crippen LogP contribution in [0, 0.1) is 0 Å². The van der Waals surface area contributed by atoms with Crippen LogP contribution in [0.4, 0.5) is 5.69 Å². The molecule has 0 aliphatic carbocycles. The number of hydrogen-bond donors (Lipinski definition) is 1. The van der Waals surface area contributed by atoms with Crippen LogP contribution in [0.25, 0.3) is 0 Å². The number of ether oxygens (including phenoxy) is 2. The van der Waals surface area contributed by atoms with Crippen LogP contribution in [-0.2, 0) is 20.2 Å². The largest absolute Gasteiger partial charge is 0.486 e. The van der Waals surface area contributed by atoms with Crippen molar-refractivity contribution in [1.29, 1.82) is 0 Å². The lowest BCUT2D eigenvalue weighted by Crippen LogP contribution is -2.35. The summed E-state index contributed by atoms with van der Waals surface area (Å²) in [6, 6.07) is 11.9. The van der Waals surface area contributed by atoms with Crippen molar-refractivity contribution in [1.82, 2.24) is 4.31 Å². The van der Waals surface area contributed by atoms with Crippen molar-refractivity contribution in [3.05, 3.63) is 48.0 Å². The minimum Gasteiger partial charge on any atom is -0.486 e. The quantitative estimate of drug-likeness (QED) is 0.807. The van der Waals surface area contributed by atoms with E-state index in [1.165, 1.54) is 19.2 Å². The van der Waals surface area contributed by atoms with E-state index in [-0.39, 0.29) is 16.9 Å². The van der Waals surface area contributed by atoms with Crippen molar-refractivity contribution in [3.8, 4) is 11.5 Å². The highest BCUT2D eigenvalue weighted by Gasteiger charge is 2.26. The van der Waals surface area contributed by atoms with Gasteiger partial charge in [0.15, 0.2) is 11.5 Å². The Bertz CT molecular complexity index is 1010. The summed E-state index contributed by atoms with van der Waals surface area (Å²) in [5.74, 6) is 0.481. The zero-order valence-corrected chi connectivity index (χ0v) is 17.9. The number of fused-ring (bicyclic) bond motifs is 1. The molecule has 8 heteroatoms. The molecule has 1 heterocycles. The predicted molar refractivity (Wildman–Crippen MR) is 111 cm³/mol. The molecule has 1 N–H and O–H groups in total. The number of para-hydroxylation sites is 1. The first-order valence-corrected chi connectivity index (χ1v) is 10.8. The number of carbonyl (C=O) groups is 1. The Kier molecular flexibility index (Phi) is 5.86. The number of rotatable bonds is 5. The molecular formula is C21H26N2O5S. The van der Waals surface area contributed by atoms with E-state index in [1.807, 2.05) is 24.3 Å². The van der Waals surface area contributed by atoms with E-state index < -0.39 is 15.9 Å². The second-order valence-corrected chi connectivity index (χ2v) is 9.96. The number of sulfonamides is 1. The highest BCUT2D eigenvalue weighted by Crippen LogP contribution is 2.33. The van der Waals surface area contributed by atoms with Crippen molar-refractivity contribution in [2.24, 2.45) is 0 Å². The maximum atomic E-state index is 12.9. The van der Waals surface area contributed by atoms with Gasteiger partial charge in [0.2, 0.25) is 15.9 Å². The minimum atomic E-state index is -3.86. The molecule has 1 amide bonds. The zero-order valence-electron chi connectivity index (χ0n) is 17.1. The van der Waals surface area contributed by atoms with Crippen LogP contribution >= 0.6 is 0 Å². The van der Waals surface area contributed by atoms with E-state index in [4.69, 9.17) is 9.47 Å². The molecule has 0 unspecified atom stereocenters. The smallest absolute Gasteiger partial charge is 0.243 e. The summed E-state index contributed by atoms with van der Waals surface area (Å²) in [4.78, 5) is 12.6. The summed E-state index contributed by atoms with van der Waals surface area (Å²) in [5, 5.41) is 2.83. The van der Waals surface area contributed by atoms with Gasteiger partial charge in [0.05, 0.1) is 11.4 Å². The van der Waals surface area contributed by atoms with Gasteiger partial charge >= 0.3 is 0 Å². The van der Waals surface area contributed by atoms with Crippen LogP contribution in [0.3, 0.4) is 0 Å². The fourth-order valence-corrected chi connectivity index (χ4v) is 4.23. The molecular weight excluding hydrogens is 392 g/mol. The highest BCUT2D eigenvalue weighted by atomic mass is 32.2. The summed E-state index contributed by atoms with van der Waals surface area (Å²) in [5.41, 5.74) is 1.49. The van der Waals surface area contributed by atoms with E-state index >= 15 is 0 Å². The van der Waals surface area contributed by atoms with Gasteiger partial charge in [0.1, 0.15) is 13.2 Å². The maximum Gasteiger partial charge on any atom is 0.243 e. The third-order valence-electron chi connectivity index (χ3n) is 4.60. The van der Waals surface area contributed by atoms with Crippen LogP contribution in [-0.4, -0.2) is 45.4 Å². The molecule has 0 atom stereocenters. The average Bonchev–Trinajstić information content (AvgIpc) is 2.67. The average molecular weight is 419 g/mol. The molecule has 2 aromatic rings. The Morgan fingerprint density at radius 2 is 1.72 bits per heavy atom. The normalized spacial score (nSPS) is 14.0. The first-order chi connectivity index (χ1) is 13.6. The fourth-order valence-electron chi connectivity index (χ4n) is 3.09. The second kappa shape index (κ2) is 8.04. The van der Waals surface area contributed by atoms with E-state index in [2.05, 4.69) is 26.1 Å². The van der Waals surface area contributed by atoms with Crippen LogP contribution in [0.5, 0.6) is 11.5 Å². The van der Waals surface area contributed by atoms with Crippen LogP contribution in [0.2, 0.25) is 0 Å². The number of benzene rings is 2. The summed E-state index contributed by atoms with van der Waals surface area (Å²) in [6.45, 7) is 6.63. The summed E-state index contributed by atoms with van der Waals surface area (Å²) in [7, 11) is -2.49. The number of likely N-dealkylation sites (N-methyl/N-ethyl adjacent to an activating group) is 1. The van der Waals surface area contributed by atoms with Crippen LogP contribution in [0.15, 0.2) is 47.4 Å². The van der Waals surface area contributed by atoms with Gasteiger partial charge in [-0.2, -0.15) is 4.31 Å². The Balaban J connectivity index is 1.74. The molecule has 0 radical (unpaired) electrons. The van der Waals surface area contributed by atoms with E-state index in [0.717, 1.165) is 9.87 Å². The Morgan fingerprint density at radius 1 is 1.07 bits per heavy atom. The monoisotopic (exact) mass is 418 g/mol. The SMILES string of the molecule is CN(CC(=O)Nc1ccccc1C(C)(C)C)S(=O)(=O)c1ccc2c(c1)OCCO2. The van der Waals surface area contributed by atoms with E-state index in [0.29, 0.717) is 30.4 Å². The van der Waals surface area contributed by atoms with Crippen molar-refractivity contribution in [3.63, 3.8) is 0 Å². The van der Waals surface area contributed by atoms with Gasteiger partial charge in [-0.1, -0.05) is 39.0 Å². The maximum absolute atomic E-state index is 12.9. The molecule has 1 aliphatic rings. The zero-order chi connectivity index (χ0) is 21.2. The Labute approximate surface area is 171 Å². The molecule has 3 rings (SSSR count). The van der Waals surface area contributed by atoms with Crippen molar-refractivity contribution in [2.45, 2.75) is 31.1 Å². The lowest BCUT2D eigenvalue weighted by Gasteiger charge is -2.24. The third kappa shape index (κ3) is 4.71. The molecule has 0 spiro atoms. The molecule has 7 nitrogen and oxygen atoms in total. The predicted octanol–water partition coefficient (Wildman–Crippen LogP) is 3.01. The van der Waals surface area contributed by atoms with Crippen LogP contribution < -0.4 is 14.8 Å². The van der Waals surface area contributed by atoms with Gasteiger partial charge in [-0.15, -0.1) is 0 Å².